The largest absolute Gasteiger partial charge is 0.348 e. The van der Waals surface area contributed by atoms with Crippen molar-refractivity contribution in [2.75, 3.05) is 10.6 Å². The van der Waals surface area contributed by atoms with Crippen molar-refractivity contribution in [2.45, 2.75) is 53.1 Å². The second kappa shape index (κ2) is 8.78. The number of rotatable bonds is 7. The Balaban J connectivity index is 2.32. The standard InChI is InChI=1S/C22H30N2O3S/c1-7-21(24(28(6,26)27)19-11-8-15(2)9-12-19)22(25)23-18(5)20-13-10-16(3)14-17(20)4/h8-14,18,21H,7H2,1-6H3,(H,23,25). The number of nitrogens with zero attached hydrogens (tertiary/aromatic N) is 1. The van der Waals surface area contributed by atoms with E-state index in [-0.39, 0.29) is 11.9 Å². The van der Waals surface area contributed by atoms with Gasteiger partial charge in [-0.15, -0.1) is 0 Å². The summed E-state index contributed by atoms with van der Waals surface area (Å²) < 4.78 is 26.2. The Kier molecular flexibility index (Phi) is 6.88. The molecular weight excluding hydrogens is 372 g/mol. The summed E-state index contributed by atoms with van der Waals surface area (Å²) in [6, 6.07) is 12.2. The van der Waals surface area contributed by atoms with Gasteiger partial charge in [0, 0.05) is 0 Å². The molecule has 0 aliphatic carbocycles. The third-order valence-corrected chi connectivity index (χ3v) is 6.05. The number of sulfonamides is 1. The van der Waals surface area contributed by atoms with Crippen LogP contribution in [-0.2, 0) is 14.8 Å². The Bertz CT molecular complexity index is 937. The third kappa shape index (κ3) is 5.13. The maximum absolute atomic E-state index is 13.0. The minimum absolute atomic E-state index is 0.221. The molecule has 6 heteroatoms. The summed E-state index contributed by atoms with van der Waals surface area (Å²) in [5, 5.41) is 3.00. The van der Waals surface area contributed by atoms with E-state index in [1.54, 1.807) is 12.1 Å². The Labute approximate surface area is 168 Å². The summed E-state index contributed by atoms with van der Waals surface area (Å²) in [5.74, 6) is -0.305. The monoisotopic (exact) mass is 402 g/mol. The van der Waals surface area contributed by atoms with Gasteiger partial charge in [-0.05, 0) is 57.4 Å². The number of nitrogens with one attached hydrogen (secondary N) is 1. The molecule has 0 aliphatic rings. The highest BCUT2D eigenvalue weighted by Gasteiger charge is 2.32. The number of carbonyl (C=O) groups is 1. The van der Waals surface area contributed by atoms with Crippen LogP contribution in [0.5, 0.6) is 0 Å². The van der Waals surface area contributed by atoms with Crippen LogP contribution < -0.4 is 9.62 Å². The molecule has 2 atom stereocenters. The highest BCUT2D eigenvalue weighted by Crippen LogP contribution is 2.24. The van der Waals surface area contributed by atoms with Gasteiger partial charge in [0.05, 0.1) is 18.0 Å². The highest BCUT2D eigenvalue weighted by atomic mass is 32.2. The van der Waals surface area contributed by atoms with E-state index >= 15 is 0 Å². The topological polar surface area (TPSA) is 66.5 Å². The maximum atomic E-state index is 13.0. The molecule has 0 saturated heterocycles. The van der Waals surface area contributed by atoms with Gasteiger partial charge in [0.2, 0.25) is 15.9 Å². The molecule has 0 spiro atoms. The van der Waals surface area contributed by atoms with Crippen LogP contribution in [0.4, 0.5) is 5.69 Å². The molecule has 1 N–H and O–H groups in total. The van der Waals surface area contributed by atoms with Gasteiger partial charge in [0.25, 0.3) is 0 Å². The second-order valence-corrected chi connectivity index (χ2v) is 9.27. The molecule has 0 heterocycles. The average molecular weight is 403 g/mol. The second-order valence-electron chi connectivity index (χ2n) is 7.41. The van der Waals surface area contributed by atoms with E-state index in [1.165, 1.54) is 4.31 Å². The van der Waals surface area contributed by atoms with E-state index in [9.17, 15) is 13.2 Å². The van der Waals surface area contributed by atoms with Crippen molar-refractivity contribution in [2.24, 2.45) is 0 Å². The first-order valence-electron chi connectivity index (χ1n) is 9.48. The number of carbonyl (C=O) groups excluding carboxylic acids is 1. The van der Waals surface area contributed by atoms with Gasteiger partial charge in [-0.1, -0.05) is 48.4 Å². The molecule has 2 unspecified atom stereocenters. The van der Waals surface area contributed by atoms with Crippen LogP contribution >= 0.6 is 0 Å². The molecular formula is C22H30N2O3S. The van der Waals surface area contributed by atoms with Gasteiger partial charge in [0.15, 0.2) is 0 Å². The average Bonchev–Trinajstić information content (AvgIpc) is 2.59. The molecule has 0 aromatic heterocycles. The zero-order chi connectivity index (χ0) is 21.1. The molecule has 2 rings (SSSR count). The number of anilines is 1. The lowest BCUT2D eigenvalue weighted by Gasteiger charge is -2.31. The Morgan fingerprint density at radius 2 is 1.61 bits per heavy atom. The lowest BCUT2D eigenvalue weighted by atomic mass is 10.00. The van der Waals surface area contributed by atoms with Gasteiger partial charge in [-0.3, -0.25) is 9.10 Å². The third-order valence-electron chi connectivity index (χ3n) is 4.87. The van der Waals surface area contributed by atoms with E-state index in [0.29, 0.717) is 12.1 Å². The summed E-state index contributed by atoms with van der Waals surface area (Å²) >= 11 is 0. The number of aryl methyl sites for hydroxylation is 3. The lowest BCUT2D eigenvalue weighted by molar-refractivity contribution is -0.122. The minimum atomic E-state index is -3.63. The lowest BCUT2D eigenvalue weighted by Crippen LogP contribution is -2.49. The van der Waals surface area contributed by atoms with E-state index in [4.69, 9.17) is 0 Å². The Hall–Kier alpha value is -2.34. The normalized spacial score (nSPS) is 13.6. The first kappa shape index (κ1) is 22.0. The van der Waals surface area contributed by atoms with Gasteiger partial charge in [-0.25, -0.2) is 8.42 Å². The van der Waals surface area contributed by atoms with Crippen LogP contribution in [0.1, 0.15) is 48.6 Å². The molecule has 0 aliphatic heterocycles. The summed E-state index contributed by atoms with van der Waals surface area (Å²) in [5.41, 5.74) is 4.80. The van der Waals surface area contributed by atoms with Crippen LogP contribution in [0.15, 0.2) is 42.5 Å². The predicted octanol–water partition coefficient (Wildman–Crippen LogP) is 4.03. The fourth-order valence-electron chi connectivity index (χ4n) is 3.45. The van der Waals surface area contributed by atoms with Gasteiger partial charge >= 0.3 is 0 Å². The fraction of sp³-hybridized carbons (Fsp3) is 0.409. The van der Waals surface area contributed by atoms with Crippen LogP contribution in [-0.4, -0.2) is 26.6 Å². The molecule has 152 valence electrons. The van der Waals surface area contributed by atoms with E-state index in [1.807, 2.05) is 58.9 Å². The van der Waals surface area contributed by atoms with Crippen molar-refractivity contribution in [3.8, 4) is 0 Å². The van der Waals surface area contributed by atoms with Crippen molar-refractivity contribution in [3.63, 3.8) is 0 Å². The van der Waals surface area contributed by atoms with E-state index in [0.717, 1.165) is 28.5 Å². The number of amides is 1. The molecule has 2 aromatic rings. The van der Waals surface area contributed by atoms with Crippen LogP contribution in [0.3, 0.4) is 0 Å². The number of benzene rings is 2. The SMILES string of the molecule is CCC(C(=O)NC(C)c1ccc(C)cc1C)N(c1ccc(C)cc1)S(C)(=O)=O. The molecule has 0 fully saturated rings. The Morgan fingerprint density at radius 1 is 1.04 bits per heavy atom. The van der Waals surface area contributed by atoms with Crippen LogP contribution in [0, 0.1) is 20.8 Å². The number of hydrogen-bond donors (Lipinski definition) is 1. The highest BCUT2D eigenvalue weighted by molar-refractivity contribution is 7.92. The van der Waals surface area contributed by atoms with Crippen molar-refractivity contribution in [1.82, 2.24) is 5.32 Å². The molecule has 0 bridgehead atoms. The molecule has 28 heavy (non-hydrogen) atoms. The molecule has 1 amide bonds. The van der Waals surface area contributed by atoms with Crippen molar-refractivity contribution in [3.05, 3.63) is 64.7 Å². The maximum Gasteiger partial charge on any atom is 0.244 e. The fourth-order valence-corrected chi connectivity index (χ4v) is 4.66. The van der Waals surface area contributed by atoms with Gasteiger partial charge in [-0.2, -0.15) is 0 Å². The number of hydrogen-bond acceptors (Lipinski definition) is 3. The van der Waals surface area contributed by atoms with Gasteiger partial charge < -0.3 is 5.32 Å². The minimum Gasteiger partial charge on any atom is -0.348 e. The van der Waals surface area contributed by atoms with Crippen LogP contribution in [0.25, 0.3) is 0 Å². The Morgan fingerprint density at radius 3 is 2.11 bits per heavy atom. The zero-order valence-corrected chi connectivity index (χ0v) is 18.3. The molecule has 0 radical (unpaired) electrons. The predicted molar refractivity (Wildman–Crippen MR) is 115 cm³/mol. The molecule has 2 aromatic carbocycles. The van der Waals surface area contributed by atoms with Crippen molar-refractivity contribution in [1.29, 1.82) is 0 Å². The van der Waals surface area contributed by atoms with E-state index < -0.39 is 16.1 Å². The molecule has 5 nitrogen and oxygen atoms in total. The van der Waals surface area contributed by atoms with Crippen LogP contribution in [0.2, 0.25) is 0 Å². The summed E-state index contributed by atoms with van der Waals surface area (Å²) in [6.07, 6.45) is 1.50. The van der Waals surface area contributed by atoms with Crippen molar-refractivity contribution >= 4 is 21.6 Å². The summed E-state index contributed by atoms with van der Waals surface area (Å²) in [7, 11) is -3.63. The first-order chi connectivity index (χ1) is 13.0. The van der Waals surface area contributed by atoms with E-state index in [2.05, 4.69) is 11.4 Å². The summed E-state index contributed by atoms with van der Waals surface area (Å²) in [6.45, 7) is 9.71. The molecule has 0 saturated carbocycles. The zero-order valence-electron chi connectivity index (χ0n) is 17.5. The van der Waals surface area contributed by atoms with Crippen molar-refractivity contribution < 1.29 is 13.2 Å². The summed E-state index contributed by atoms with van der Waals surface area (Å²) in [4.78, 5) is 13.0. The smallest absolute Gasteiger partial charge is 0.244 e. The quantitative estimate of drug-likeness (QED) is 0.760. The van der Waals surface area contributed by atoms with Gasteiger partial charge in [0.1, 0.15) is 6.04 Å². The first-order valence-corrected chi connectivity index (χ1v) is 11.3.